The van der Waals surface area contributed by atoms with Gasteiger partial charge in [-0.05, 0) is 23.3 Å². The van der Waals surface area contributed by atoms with Gasteiger partial charge in [-0.1, -0.05) is 36.4 Å². The molecule has 0 saturated carbocycles. The fraction of sp³-hybridized carbons (Fsp3) is 0.222. The number of benzene rings is 2. The quantitative estimate of drug-likeness (QED) is 0.919. The number of carbonyl (C=O) groups excluding carboxylic acids is 2. The second-order valence-corrected chi connectivity index (χ2v) is 5.47. The van der Waals surface area contributed by atoms with Crippen LogP contribution in [-0.2, 0) is 22.4 Å². The minimum atomic E-state index is -0.383. The summed E-state index contributed by atoms with van der Waals surface area (Å²) < 4.78 is 13.5. The third-order valence-corrected chi connectivity index (χ3v) is 3.89. The summed E-state index contributed by atoms with van der Waals surface area (Å²) in [4.78, 5) is 25.6. The van der Waals surface area contributed by atoms with Crippen LogP contribution < -0.4 is 10.2 Å². The van der Waals surface area contributed by atoms with Crippen molar-refractivity contribution in [3.8, 4) is 0 Å². The number of para-hydroxylation sites is 1. The molecule has 0 saturated heterocycles. The smallest absolute Gasteiger partial charge is 0.231 e. The van der Waals surface area contributed by atoms with Gasteiger partial charge < -0.3 is 10.2 Å². The Kier molecular flexibility index (Phi) is 4.37. The highest BCUT2D eigenvalue weighted by Gasteiger charge is 2.26. The van der Waals surface area contributed by atoms with Crippen molar-refractivity contribution in [2.24, 2.45) is 0 Å². The number of halogens is 1. The van der Waals surface area contributed by atoms with Crippen LogP contribution in [0.4, 0.5) is 10.1 Å². The van der Waals surface area contributed by atoms with Gasteiger partial charge in [0.05, 0.1) is 12.8 Å². The van der Waals surface area contributed by atoms with E-state index < -0.39 is 0 Å². The number of nitrogens with one attached hydrogen (secondary N) is 1. The molecule has 2 aromatic rings. The van der Waals surface area contributed by atoms with Crippen molar-refractivity contribution in [2.45, 2.75) is 12.8 Å². The van der Waals surface area contributed by atoms with E-state index in [-0.39, 0.29) is 24.1 Å². The summed E-state index contributed by atoms with van der Waals surface area (Å²) in [5.74, 6) is -0.601. The van der Waals surface area contributed by atoms with Crippen molar-refractivity contribution in [2.75, 3.05) is 18.0 Å². The van der Waals surface area contributed by atoms with E-state index in [0.29, 0.717) is 25.1 Å². The molecular formula is C18H17FN2O2. The Balaban J connectivity index is 1.53. The van der Waals surface area contributed by atoms with E-state index in [1.807, 2.05) is 24.3 Å². The number of fused-ring (bicyclic) bond motifs is 1. The van der Waals surface area contributed by atoms with Crippen LogP contribution >= 0.6 is 0 Å². The SMILES string of the molecule is O=C(Cc1ccccc1F)NCCN1C(=O)Cc2ccccc21. The highest BCUT2D eigenvalue weighted by Crippen LogP contribution is 2.27. The van der Waals surface area contributed by atoms with Gasteiger partial charge in [0.25, 0.3) is 0 Å². The standard InChI is InChI=1S/C18H17FN2O2/c19-15-7-3-1-5-13(15)11-17(22)20-9-10-21-16-8-4-2-6-14(16)12-18(21)23/h1-8H,9-12H2,(H,20,22). The lowest BCUT2D eigenvalue weighted by molar-refractivity contribution is -0.121. The molecule has 1 aliphatic heterocycles. The molecule has 1 N–H and O–H groups in total. The van der Waals surface area contributed by atoms with Crippen molar-refractivity contribution in [3.05, 3.63) is 65.5 Å². The topological polar surface area (TPSA) is 49.4 Å². The maximum atomic E-state index is 13.5. The first kappa shape index (κ1) is 15.2. The van der Waals surface area contributed by atoms with Gasteiger partial charge in [-0.2, -0.15) is 0 Å². The molecule has 23 heavy (non-hydrogen) atoms. The fourth-order valence-electron chi connectivity index (χ4n) is 2.75. The lowest BCUT2D eigenvalue weighted by Crippen LogP contribution is -2.37. The van der Waals surface area contributed by atoms with Crippen LogP contribution in [0.2, 0.25) is 0 Å². The zero-order valence-electron chi connectivity index (χ0n) is 12.6. The van der Waals surface area contributed by atoms with Crippen LogP contribution in [0, 0.1) is 5.82 Å². The zero-order valence-corrected chi connectivity index (χ0v) is 12.6. The predicted molar refractivity (Wildman–Crippen MR) is 85.6 cm³/mol. The first-order chi connectivity index (χ1) is 11.1. The van der Waals surface area contributed by atoms with Crippen molar-refractivity contribution in [1.82, 2.24) is 5.32 Å². The third kappa shape index (κ3) is 3.39. The molecule has 0 atom stereocenters. The first-order valence-corrected chi connectivity index (χ1v) is 7.53. The predicted octanol–water partition coefficient (Wildman–Crippen LogP) is 2.07. The third-order valence-electron chi connectivity index (χ3n) is 3.89. The second kappa shape index (κ2) is 6.60. The van der Waals surface area contributed by atoms with Crippen molar-refractivity contribution in [1.29, 1.82) is 0 Å². The van der Waals surface area contributed by atoms with Gasteiger partial charge in [0.1, 0.15) is 5.82 Å². The maximum Gasteiger partial charge on any atom is 0.231 e. The molecule has 0 radical (unpaired) electrons. The summed E-state index contributed by atoms with van der Waals surface area (Å²) in [7, 11) is 0. The van der Waals surface area contributed by atoms with Crippen molar-refractivity contribution in [3.63, 3.8) is 0 Å². The van der Waals surface area contributed by atoms with Gasteiger partial charge in [0.15, 0.2) is 0 Å². The lowest BCUT2D eigenvalue weighted by Gasteiger charge is -2.17. The molecule has 1 aliphatic rings. The van der Waals surface area contributed by atoms with Crippen LogP contribution in [0.15, 0.2) is 48.5 Å². The van der Waals surface area contributed by atoms with E-state index in [4.69, 9.17) is 0 Å². The molecule has 0 fully saturated rings. The van der Waals surface area contributed by atoms with Crippen LogP contribution in [0.3, 0.4) is 0 Å². The number of hydrogen-bond acceptors (Lipinski definition) is 2. The van der Waals surface area contributed by atoms with Crippen LogP contribution in [-0.4, -0.2) is 24.9 Å². The highest BCUT2D eigenvalue weighted by molar-refractivity contribution is 6.01. The molecule has 0 aliphatic carbocycles. The van der Waals surface area contributed by atoms with Crippen LogP contribution in [0.1, 0.15) is 11.1 Å². The average Bonchev–Trinajstić information content (AvgIpc) is 2.86. The Bertz CT molecular complexity index is 745. The summed E-state index contributed by atoms with van der Waals surface area (Å²) in [6, 6.07) is 13.9. The monoisotopic (exact) mass is 312 g/mol. The molecule has 0 bridgehead atoms. The zero-order chi connectivity index (χ0) is 16.2. The van der Waals surface area contributed by atoms with Gasteiger partial charge in [0.2, 0.25) is 11.8 Å². The van der Waals surface area contributed by atoms with Gasteiger partial charge in [-0.3, -0.25) is 9.59 Å². The lowest BCUT2D eigenvalue weighted by atomic mass is 10.1. The summed E-state index contributed by atoms with van der Waals surface area (Å²) in [6.07, 6.45) is 0.399. The van der Waals surface area contributed by atoms with E-state index in [1.54, 1.807) is 23.1 Å². The molecule has 0 unspecified atom stereocenters. The van der Waals surface area contributed by atoms with Crippen LogP contribution in [0.25, 0.3) is 0 Å². The van der Waals surface area contributed by atoms with Gasteiger partial charge >= 0.3 is 0 Å². The minimum Gasteiger partial charge on any atom is -0.354 e. The Hall–Kier alpha value is -2.69. The highest BCUT2D eigenvalue weighted by atomic mass is 19.1. The molecular weight excluding hydrogens is 295 g/mol. The Morgan fingerprint density at radius 2 is 1.87 bits per heavy atom. The number of anilines is 1. The number of nitrogens with zero attached hydrogens (tertiary/aromatic N) is 1. The van der Waals surface area contributed by atoms with E-state index in [9.17, 15) is 14.0 Å². The molecule has 118 valence electrons. The first-order valence-electron chi connectivity index (χ1n) is 7.53. The molecule has 3 rings (SSSR count). The average molecular weight is 312 g/mol. The second-order valence-electron chi connectivity index (χ2n) is 5.47. The number of amides is 2. The summed E-state index contributed by atoms with van der Waals surface area (Å²) >= 11 is 0. The number of rotatable bonds is 5. The molecule has 0 aromatic heterocycles. The number of hydrogen-bond donors (Lipinski definition) is 1. The molecule has 0 spiro atoms. The molecule has 1 heterocycles. The molecule has 4 nitrogen and oxygen atoms in total. The van der Waals surface area contributed by atoms with E-state index >= 15 is 0 Å². The fourth-order valence-corrected chi connectivity index (χ4v) is 2.75. The summed E-state index contributed by atoms with van der Waals surface area (Å²) in [6.45, 7) is 0.756. The molecule has 2 aromatic carbocycles. The Morgan fingerprint density at radius 3 is 2.70 bits per heavy atom. The van der Waals surface area contributed by atoms with Crippen LogP contribution in [0.5, 0.6) is 0 Å². The van der Waals surface area contributed by atoms with E-state index in [0.717, 1.165) is 11.3 Å². The van der Waals surface area contributed by atoms with Gasteiger partial charge in [-0.25, -0.2) is 4.39 Å². The van der Waals surface area contributed by atoms with Crippen molar-refractivity contribution >= 4 is 17.5 Å². The maximum absolute atomic E-state index is 13.5. The molecule has 2 amide bonds. The largest absolute Gasteiger partial charge is 0.354 e. The minimum absolute atomic E-state index is 0.00277. The Labute approximate surface area is 133 Å². The van der Waals surface area contributed by atoms with Gasteiger partial charge in [0, 0.05) is 18.8 Å². The van der Waals surface area contributed by atoms with Crippen molar-refractivity contribution < 1.29 is 14.0 Å². The summed E-state index contributed by atoms with van der Waals surface area (Å²) in [5.41, 5.74) is 2.28. The normalized spacial score (nSPS) is 13.1. The number of carbonyl (C=O) groups is 2. The Morgan fingerprint density at radius 1 is 1.13 bits per heavy atom. The summed E-state index contributed by atoms with van der Waals surface area (Å²) in [5, 5.41) is 2.74. The van der Waals surface area contributed by atoms with E-state index in [2.05, 4.69) is 5.32 Å². The van der Waals surface area contributed by atoms with E-state index in [1.165, 1.54) is 6.07 Å². The van der Waals surface area contributed by atoms with Gasteiger partial charge in [-0.15, -0.1) is 0 Å². The molecule has 5 heteroatoms.